The third-order valence-electron chi connectivity index (χ3n) is 1.39. The van der Waals surface area contributed by atoms with Gasteiger partial charge >= 0.3 is 0 Å². The van der Waals surface area contributed by atoms with Gasteiger partial charge in [0.2, 0.25) is 8.32 Å². The summed E-state index contributed by atoms with van der Waals surface area (Å²) in [4.78, 5) is 24.0. The predicted octanol–water partition coefficient (Wildman–Crippen LogP) is 2.51. The molecule has 0 aromatic rings. The van der Waals surface area contributed by atoms with Crippen LogP contribution < -0.4 is 0 Å². The van der Waals surface area contributed by atoms with E-state index in [9.17, 15) is 0 Å². The molecule has 1 aliphatic carbocycles. The summed E-state index contributed by atoms with van der Waals surface area (Å²) >= 11 is 0. The van der Waals surface area contributed by atoms with Gasteiger partial charge in [-0.15, -0.1) is 0 Å². The van der Waals surface area contributed by atoms with Crippen LogP contribution in [0.1, 0.15) is 12.8 Å². The van der Waals surface area contributed by atoms with Crippen molar-refractivity contribution in [2.75, 3.05) is 0 Å². The Hall–Kier alpha value is -0.974. The van der Waals surface area contributed by atoms with Crippen LogP contribution in [0, 0.1) is 0 Å². The van der Waals surface area contributed by atoms with Gasteiger partial charge in [-0.05, 0) is 44.6 Å². The van der Waals surface area contributed by atoms with E-state index in [1.54, 1.807) is 0 Å². The molecule has 0 spiro atoms. The van der Waals surface area contributed by atoms with E-state index in [1.165, 1.54) is 6.42 Å². The fourth-order valence-corrected chi connectivity index (χ4v) is 1.88. The molecular weight excluding hydrogens is 292 g/mol. The maximum atomic E-state index is 8.00. The zero-order valence-electron chi connectivity index (χ0n) is 11.3. The Labute approximate surface area is 121 Å². The smallest absolute Gasteiger partial charge is 0.242 e. The van der Waals surface area contributed by atoms with E-state index < -0.39 is 8.32 Å². The molecule has 0 unspecified atom stereocenters. The molecular formula is C12H22FeO4Si. The first-order valence-electron chi connectivity index (χ1n) is 5.00. The van der Waals surface area contributed by atoms with Crippen molar-refractivity contribution in [2.24, 2.45) is 0 Å². The average Bonchev–Trinajstić information content (AvgIpc) is 2.36. The predicted molar refractivity (Wildman–Crippen MR) is 72.3 cm³/mol. The van der Waals surface area contributed by atoms with Gasteiger partial charge < -0.3 is 18.8 Å². The Bertz CT molecular complexity index is 232. The van der Waals surface area contributed by atoms with Gasteiger partial charge in [-0.2, -0.15) is 0 Å². The standard InChI is InChI=1S/C9H16OSi.3CH2O.Fe/c1-11(2,3)10-9-7-5-4-6-8-9;3*1-2;/h5,7-8H,4,6H2,1-3H3;3*1H2;. The minimum atomic E-state index is -1.36. The van der Waals surface area contributed by atoms with Crippen LogP contribution in [0.3, 0.4) is 0 Å². The van der Waals surface area contributed by atoms with Gasteiger partial charge in [-0.1, -0.05) is 6.08 Å². The summed E-state index contributed by atoms with van der Waals surface area (Å²) < 4.78 is 5.79. The van der Waals surface area contributed by atoms with Gasteiger partial charge in [0.05, 0.1) is 5.76 Å². The van der Waals surface area contributed by atoms with Gasteiger partial charge in [0.1, 0.15) is 20.4 Å². The zero-order chi connectivity index (χ0) is 14.3. The molecule has 0 bridgehead atoms. The van der Waals surface area contributed by atoms with E-state index >= 15 is 0 Å². The number of carbonyl (C=O) groups is 3. The Morgan fingerprint density at radius 2 is 1.44 bits per heavy atom. The first-order chi connectivity index (χ1) is 8.08. The van der Waals surface area contributed by atoms with Crippen LogP contribution in [0.4, 0.5) is 0 Å². The number of carbonyl (C=O) groups excluding carboxylic acids is 3. The molecule has 0 saturated heterocycles. The maximum absolute atomic E-state index is 8.00. The molecule has 0 aliphatic heterocycles. The van der Waals surface area contributed by atoms with Gasteiger partial charge in [0, 0.05) is 17.1 Å². The van der Waals surface area contributed by atoms with Crippen molar-refractivity contribution in [3.63, 3.8) is 0 Å². The van der Waals surface area contributed by atoms with Crippen molar-refractivity contribution in [3.8, 4) is 0 Å². The van der Waals surface area contributed by atoms with E-state index in [0.717, 1.165) is 12.2 Å². The first kappa shape index (κ1) is 25.8. The number of rotatable bonds is 2. The molecule has 1 rings (SSSR count). The monoisotopic (exact) mass is 314 g/mol. The van der Waals surface area contributed by atoms with Crippen LogP contribution in [-0.2, 0) is 35.9 Å². The molecule has 1 aliphatic rings. The Morgan fingerprint density at radius 1 is 1.00 bits per heavy atom. The summed E-state index contributed by atoms with van der Waals surface area (Å²) in [6, 6.07) is 0. The Kier molecular flexibility index (Phi) is 26.3. The summed E-state index contributed by atoms with van der Waals surface area (Å²) in [6.45, 7) is 12.6. The molecule has 0 amide bonds. The van der Waals surface area contributed by atoms with E-state index in [-0.39, 0.29) is 17.1 Å². The Morgan fingerprint density at radius 3 is 1.72 bits per heavy atom. The van der Waals surface area contributed by atoms with Crippen molar-refractivity contribution >= 4 is 28.7 Å². The van der Waals surface area contributed by atoms with Gasteiger partial charge in [-0.25, -0.2) is 0 Å². The maximum Gasteiger partial charge on any atom is 0.242 e. The third-order valence-corrected chi connectivity index (χ3v) is 2.23. The van der Waals surface area contributed by atoms with Crippen LogP contribution in [0.25, 0.3) is 0 Å². The molecule has 0 fully saturated rings. The SMILES string of the molecule is C=O.C=O.C=O.C[Si](C)(C)OC1=CCCC=C1.[Fe]. The molecule has 0 saturated carbocycles. The van der Waals surface area contributed by atoms with Gasteiger partial charge in [0.15, 0.2) is 0 Å². The molecule has 0 radical (unpaired) electrons. The summed E-state index contributed by atoms with van der Waals surface area (Å²) in [6.07, 6.45) is 8.74. The largest absolute Gasteiger partial charge is 0.545 e. The second-order valence-electron chi connectivity index (χ2n) is 3.80. The number of hydrogen-bond donors (Lipinski definition) is 0. The summed E-state index contributed by atoms with van der Waals surface area (Å²) in [5.74, 6) is 1.08. The molecule has 0 N–H and O–H groups in total. The first-order valence-corrected chi connectivity index (χ1v) is 8.41. The minimum Gasteiger partial charge on any atom is -0.545 e. The van der Waals surface area contributed by atoms with Crippen LogP contribution >= 0.6 is 0 Å². The summed E-state index contributed by atoms with van der Waals surface area (Å²) in [5, 5.41) is 0. The van der Waals surface area contributed by atoms with Crippen molar-refractivity contribution in [2.45, 2.75) is 32.5 Å². The molecule has 106 valence electrons. The van der Waals surface area contributed by atoms with Crippen LogP contribution in [0.15, 0.2) is 24.0 Å². The number of hydrogen-bond acceptors (Lipinski definition) is 4. The van der Waals surface area contributed by atoms with Crippen LogP contribution in [-0.4, -0.2) is 28.7 Å². The van der Waals surface area contributed by atoms with Crippen molar-refractivity contribution < 1.29 is 35.9 Å². The molecule has 6 heteroatoms. The number of allylic oxidation sites excluding steroid dienone is 3. The molecule has 18 heavy (non-hydrogen) atoms. The third kappa shape index (κ3) is 20.4. The van der Waals surface area contributed by atoms with Crippen molar-refractivity contribution in [3.05, 3.63) is 24.0 Å². The van der Waals surface area contributed by atoms with E-state index in [2.05, 4.69) is 37.9 Å². The normalized spacial score (nSPS) is 11.6. The van der Waals surface area contributed by atoms with Crippen LogP contribution in [0.2, 0.25) is 19.6 Å². The molecule has 0 heterocycles. The van der Waals surface area contributed by atoms with Gasteiger partial charge in [0.25, 0.3) is 0 Å². The second-order valence-corrected chi connectivity index (χ2v) is 8.23. The quantitative estimate of drug-likeness (QED) is 0.735. The molecule has 0 aromatic carbocycles. The summed E-state index contributed by atoms with van der Waals surface area (Å²) in [5.41, 5.74) is 0. The average molecular weight is 314 g/mol. The second kappa shape index (κ2) is 18.4. The topological polar surface area (TPSA) is 60.4 Å². The summed E-state index contributed by atoms with van der Waals surface area (Å²) in [7, 11) is -1.36. The molecule has 4 nitrogen and oxygen atoms in total. The Balaban J connectivity index is -0.000000123. The fraction of sp³-hybridized carbons (Fsp3) is 0.417. The molecule has 0 aromatic heterocycles. The van der Waals surface area contributed by atoms with E-state index in [1.807, 2.05) is 20.4 Å². The van der Waals surface area contributed by atoms with Crippen molar-refractivity contribution in [1.29, 1.82) is 0 Å². The van der Waals surface area contributed by atoms with E-state index in [4.69, 9.17) is 18.8 Å². The molecule has 0 atom stereocenters. The minimum absolute atomic E-state index is 0. The fourth-order valence-electron chi connectivity index (χ4n) is 1.02. The van der Waals surface area contributed by atoms with Crippen molar-refractivity contribution in [1.82, 2.24) is 0 Å². The van der Waals surface area contributed by atoms with Crippen LogP contribution in [0.5, 0.6) is 0 Å². The zero-order valence-corrected chi connectivity index (χ0v) is 13.4. The van der Waals surface area contributed by atoms with E-state index in [0.29, 0.717) is 0 Å². The van der Waals surface area contributed by atoms with Gasteiger partial charge in [-0.3, -0.25) is 0 Å².